The summed E-state index contributed by atoms with van der Waals surface area (Å²) in [5, 5.41) is 3.43. The molecule has 4 nitrogen and oxygen atoms in total. The van der Waals surface area contributed by atoms with E-state index in [2.05, 4.69) is 27.1 Å². The van der Waals surface area contributed by atoms with Crippen LogP contribution in [0, 0.1) is 12.8 Å². The highest BCUT2D eigenvalue weighted by molar-refractivity contribution is 5.30. The molecule has 0 aromatic carbocycles. The molecule has 0 aliphatic carbocycles. The van der Waals surface area contributed by atoms with Gasteiger partial charge in [0.05, 0.1) is 0 Å². The Morgan fingerprint density at radius 1 is 1.29 bits per heavy atom. The summed E-state index contributed by atoms with van der Waals surface area (Å²) in [6, 6.07) is 0. The Kier molecular flexibility index (Phi) is 4.31. The van der Waals surface area contributed by atoms with Crippen LogP contribution in [0.1, 0.15) is 25.3 Å². The van der Waals surface area contributed by atoms with Gasteiger partial charge in [-0.05, 0) is 44.3 Å². The monoisotopic (exact) mass is 234 g/mol. The zero-order chi connectivity index (χ0) is 12.1. The quantitative estimate of drug-likeness (QED) is 0.859. The molecule has 0 spiro atoms. The van der Waals surface area contributed by atoms with Crippen molar-refractivity contribution in [2.45, 2.75) is 26.7 Å². The summed E-state index contributed by atoms with van der Waals surface area (Å²) in [6.07, 6.45) is 6.27. The lowest BCUT2D eigenvalue weighted by Gasteiger charge is -2.32. The predicted molar refractivity (Wildman–Crippen MR) is 70.2 cm³/mol. The fourth-order valence-electron chi connectivity index (χ4n) is 2.23. The molecule has 0 unspecified atom stereocenters. The molecule has 2 heterocycles. The average Bonchev–Trinajstić information content (AvgIpc) is 2.38. The van der Waals surface area contributed by atoms with Gasteiger partial charge >= 0.3 is 0 Å². The number of rotatable bonds is 4. The van der Waals surface area contributed by atoms with Crippen molar-refractivity contribution in [3.05, 3.63) is 18.0 Å². The Labute approximate surface area is 103 Å². The fraction of sp³-hybridized carbons (Fsp3) is 0.692. The zero-order valence-corrected chi connectivity index (χ0v) is 10.8. The van der Waals surface area contributed by atoms with E-state index < -0.39 is 0 Å². The first-order valence-electron chi connectivity index (χ1n) is 6.54. The second-order valence-electron chi connectivity index (χ2n) is 4.80. The molecule has 1 aliphatic heterocycles. The summed E-state index contributed by atoms with van der Waals surface area (Å²) < 4.78 is 0. The van der Waals surface area contributed by atoms with E-state index in [1.165, 1.54) is 12.8 Å². The third-order valence-corrected chi connectivity index (χ3v) is 3.35. The van der Waals surface area contributed by atoms with Gasteiger partial charge in [-0.2, -0.15) is 0 Å². The molecule has 1 aliphatic rings. The number of piperidine rings is 1. The molecule has 94 valence electrons. The summed E-state index contributed by atoms with van der Waals surface area (Å²) in [5.41, 5.74) is 1.12. The highest BCUT2D eigenvalue weighted by Crippen LogP contribution is 2.19. The summed E-state index contributed by atoms with van der Waals surface area (Å²) in [7, 11) is 0. The molecule has 0 bridgehead atoms. The van der Waals surface area contributed by atoms with Gasteiger partial charge in [0, 0.05) is 25.5 Å². The van der Waals surface area contributed by atoms with E-state index in [0.29, 0.717) is 0 Å². The van der Waals surface area contributed by atoms with E-state index in [0.717, 1.165) is 43.6 Å². The van der Waals surface area contributed by atoms with Crippen molar-refractivity contribution >= 4 is 5.95 Å². The topological polar surface area (TPSA) is 41.0 Å². The molecule has 0 radical (unpaired) electrons. The van der Waals surface area contributed by atoms with Gasteiger partial charge in [-0.25, -0.2) is 9.97 Å². The fourth-order valence-corrected chi connectivity index (χ4v) is 2.23. The predicted octanol–water partition coefficient (Wildman–Crippen LogP) is 1.61. The third-order valence-electron chi connectivity index (χ3n) is 3.35. The number of nitrogens with zero attached hydrogens (tertiary/aromatic N) is 3. The Balaban J connectivity index is 1.84. The minimum Gasteiger partial charge on any atom is -0.341 e. The van der Waals surface area contributed by atoms with E-state index in [1.54, 1.807) is 0 Å². The van der Waals surface area contributed by atoms with Crippen LogP contribution < -0.4 is 10.2 Å². The van der Waals surface area contributed by atoms with Crippen LogP contribution in [0.5, 0.6) is 0 Å². The van der Waals surface area contributed by atoms with Crippen molar-refractivity contribution in [3.63, 3.8) is 0 Å². The molecule has 0 atom stereocenters. The molecule has 1 aromatic rings. The second-order valence-corrected chi connectivity index (χ2v) is 4.80. The van der Waals surface area contributed by atoms with Crippen molar-refractivity contribution in [3.8, 4) is 0 Å². The van der Waals surface area contributed by atoms with Crippen molar-refractivity contribution < 1.29 is 0 Å². The highest BCUT2D eigenvalue weighted by atomic mass is 15.2. The first-order chi connectivity index (χ1) is 8.29. The maximum absolute atomic E-state index is 4.39. The number of hydrogen-bond acceptors (Lipinski definition) is 4. The van der Waals surface area contributed by atoms with Crippen molar-refractivity contribution in [1.82, 2.24) is 15.3 Å². The summed E-state index contributed by atoms with van der Waals surface area (Å²) in [5.74, 6) is 1.70. The van der Waals surface area contributed by atoms with E-state index in [-0.39, 0.29) is 0 Å². The van der Waals surface area contributed by atoms with Crippen LogP contribution in [0.25, 0.3) is 0 Å². The lowest BCUT2D eigenvalue weighted by Crippen LogP contribution is -2.38. The normalized spacial score (nSPS) is 17.4. The van der Waals surface area contributed by atoms with Crippen LogP contribution in [0.2, 0.25) is 0 Å². The highest BCUT2D eigenvalue weighted by Gasteiger charge is 2.20. The standard InChI is InChI=1S/C13H22N4/c1-3-14-10-12-4-6-17(7-5-12)13-15-8-11(2)9-16-13/h8-9,12,14H,3-7,10H2,1-2H3. The molecular formula is C13H22N4. The van der Waals surface area contributed by atoms with Gasteiger partial charge in [0.15, 0.2) is 0 Å². The second kappa shape index (κ2) is 5.96. The minimum absolute atomic E-state index is 0.816. The molecular weight excluding hydrogens is 212 g/mol. The molecule has 0 saturated carbocycles. The number of anilines is 1. The van der Waals surface area contributed by atoms with Gasteiger partial charge in [0.2, 0.25) is 5.95 Å². The van der Waals surface area contributed by atoms with Crippen LogP contribution >= 0.6 is 0 Å². The Morgan fingerprint density at radius 2 is 1.94 bits per heavy atom. The molecule has 17 heavy (non-hydrogen) atoms. The van der Waals surface area contributed by atoms with Crippen LogP contribution in [0.4, 0.5) is 5.95 Å². The third kappa shape index (κ3) is 3.40. The number of aryl methyl sites for hydroxylation is 1. The Morgan fingerprint density at radius 3 is 2.53 bits per heavy atom. The van der Waals surface area contributed by atoms with Gasteiger partial charge in [-0.15, -0.1) is 0 Å². The van der Waals surface area contributed by atoms with E-state index >= 15 is 0 Å². The van der Waals surface area contributed by atoms with Crippen LogP contribution in [0.15, 0.2) is 12.4 Å². The molecule has 1 saturated heterocycles. The number of nitrogens with one attached hydrogen (secondary N) is 1. The smallest absolute Gasteiger partial charge is 0.225 e. The largest absolute Gasteiger partial charge is 0.341 e. The van der Waals surface area contributed by atoms with Crippen LogP contribution in [0.3, 0.4) is 0 Å². The zero-order valence-electron chi connectivity index (χ0n) is 10.8. The van der Waals surface area contributed by atoms with Gasteiger partial charge in [0.25, 0.3) is 0 Å². The molecule has 4 heteroatoms. The summed E-state index contributed by atoms with van der Waals surface area (Å²) in [4.78, 5) is 11.1. The van der Waals surface area contributed by atoms with Crippen LogP contribution in [-0.2, 0) is 0 Å². The minimum atomic E-state index is 0.816. The maximum atomic E-state index is 4.39. The van der Waals surface area contributed by atoms with Gasteiger partial charge in [-0.1, -0.05) is 6.92 Å². The SMILES string of the molecule is CCNCC1CCN(c2ncc(C)cn2)CC1. The molecule has 1 N–H and O–H groups in total. The van der Waals surface area contributed by atoms with Crippen LogP contribution in [-0.4, -0.2) is 36.1 Å². The number of hydrogen-bond donors (Lipinski definition) is 1. The maximum Gasteiger partial charge on any atom is 0.225 e. The van der Waals surface area contributed by atoms with Crippen molar-refractivity contribution in [1.29, 1.82) is 0 Å². The van der Waals surface area contributed by atoms with Crippen molar-refractivity contribution in [2.24, 2.45) is 5.92 Å². The lowest BCUT2D eigenvalue weighted by atomic mass is 9.97. The molecule has 2 rings (SSSR count). The molecule has 0 amide bonds. The van der Waals surface area contributed by atoms with Gasteiger partial charge in [-0.3, -0.25) is 0 Å². The Hall–Kier alpha value is -1.16. The Bertz CT molecular complexity index is 328. The van der Waals surface area contributed by atoms with E-state index in [4.69, 9.17) is 0 Å². The first kappa shape index (κ1) is 12.3. The molecule has 1 fully saturated rings. The van der Waals surface area contributed by atoms with Gasteiger partial charge in [0.1, 0.15) is 0 Å². The first-order valence-corrected chi connectivity index (χ1v) is 6.54. The van der Waals surface area contributed by atoms with Crippen molar-refractivity contribution in [2.75, 3.05) is 31.1 Å². The summed E-state index contributed by atoms with van der Waals surface area (Å²) >= 11 is 0. The number of aromatic nitrogens is 2. The van der Waals surface area contributed by atoms with E-state index in [9.17, 15) is 0 Å². The van der Waals surface area contributed by atoms with E-state index in [1.807, 2.05) is 19.3 Å². The van der Waals surface area contributed by atoms with Gasteiger partial charge < -0.3 is 10.2 Å². The summed E-state index contributed by atoms with van der Waals surface area (Å²) in [6.45, 7) is 8.57. The molecule has 1 aromatic heterocycles. The lowest BCUT2D eigenvalue weighted by molar-refractivity contribution is 0.384. The average molecular weight is 234 g/mol.